The molecular weight excluding hydrogens is 239 g/mol. The second kappa shape index (κ2) is 5.41. The fourth-order valence-electron chi connectivity index (χ4n) is 1.24. The predicted octanol–water partition coefficient (Wildman–Crippen LogP) is 1.65. The van der Waals surface area contributed by atoms with Gasteiger partial charge in [0.25, 0.3) is 0 Å². The minimum absolute atomic E-state index is 0.122. The van der Waals surface area contributed by atoms with Gasteiger partial charge in [0.05, 0.1) is 5.69 Å². The Hall–Kier alpha value is -2.93. The van der Waals surface area contributed by atoms with Crippen LogP contribution in [-0.4, -0.2) is 16.8 Å². The van der Waals surface area contributed by atoms with Crippen LogP contribution >= 0.6 is 0 Å². The number of carboxylic acid groups (broad SMARTS) is 1. The minimum Gasteiger partial charge on any atom is -0.478 e. The first-order valence-corrected chi connectivity index (χ1v) is 4.67. The molecule has 2 N–H and O–H groups in total. The van der Waals surface area contributed by atoms with Crippen molar-refractivity contribution in [3.63, 3.8) is 0 Å². The number of hydrazone groups is 1. The van der Waals surface area contributed by atoms with E-state index in [1.54, 1.807) is 6.92 Å². The molecule has 0 atom stereocenters. The molecule has 0 saturated carbocycles. The van der Waals surface area contributed by atoms with Crippen LogP contribution < -0.4 is 5.43 Å². The van der Waals surface area contributed by atoms with E-state index in [0.717, 1.165) is 6.07 Å². The summed E-state index contributed by atoms with van der Waals surface area (Å²) < 4.78 is 13.5. The van der Waals surface area contributed by atoms with Crippen LogP contribution in [0, 0.1) is 35.4 Å². The molecule has 0 aliphatic carbocycles. The molecule has 0 unspecified atom stereocenters. The lowest BCUT2D eigenvalue weighted by Crippen LogP contribution is -2.07. The molecule has 0 radical (unpaired) electrons. The number of anilines is 1. The number of nitrogens with one attached hydrogen (secondary N) is 1. The third-order valence-corrected chi connectivity index (χ3v) is 1.95. The van der Waals surface area contributed by atoms with Gasteiger partial charge in [0.2, 0.25) is 5.71 Å². The first-order chi connectivity index (χ1) is 8.49. The van der Waals surface area contributed by atoms with Gasteiger partial charge in [-0.1, -0.05) is 0 Å². The zero-order valence-corrected chi connectivity index (χ0v) is 9.23. The topological polar surface area (TPSA) is 109 Å². The van der Waals surface area contributed by atoms with Gasteiger partial charge in [-0.15, -0.1) is 0 Å². The summed E-state index contributed by atoms with van der Waals surface area (Å²) in [4.78, 5) is 10.9. The quantitative estimate of drug-likeness (QED) is 0.622. The van der Waals surface area contributed by atoms with Gasteiger partial charge in [0, 0.05) is 0 Å². The average molecular weight is 246 g/mol. The molecule has 6 nitrogen and oxygen atoms in total. The highest BCUT2D eigenvalue weighted by molar-refractivity contribution is 6.10. The van der Waals surface area contributed by atoms with E-state index in [-0.39, 0.29) is 5.69 Å². The van der Waals surface area contributed by atoms with Crippen molar-refractivity contribution in [3.8, 4) is 12.1 Å². The van der Waals surface area contributed by atoms with Crippen molar-refractivity contribution < 1.29 is 14.3 Å². The van der Waals surface area contributed by atoms with Crippen LogP contribution in [0.2, 0.25) is 0 Å². The monoisotopic (exact) mass is 246 g/mol. The van der Waals surface area contributed by atoms with Crippen LogP contribution in [0.25, 0.3) is 0 Å². The van der Waals surface area contributed by atoms with E-state index in [4.69, 9.17) is 15.6 Å². The van der Waals surface area contributed by atoms with Crippen LogP contribution in [0.3, 0.4) is 0 Å². The second-order valence-electron chi connectivity index (χ2n) is 3.27. The number of aryl methyl sites for hydroxylation is 1. The van der Waals surface area contributed by atoms with Crippen molar-refractivity contribution in [2.45, 2.75) is 6.92 Å². The highest BCUT2D eigenvalue weighted by atomic mass is 19.1. The number of aromatic carboxylic acids is 1. The molecule has 0 saturated heterocycles. The Kier molecular flexibility index (Phi) is 3.95. The van der Waals surface area contributed by atoms with Gasteiger partial charge >= 0.3 is 5.97 Å². The largest absolute Gasteiger partial charge is 0.478 e. The van der Waals surface area contributed by atoms with E-state index < -0.39 is 23.1 Å². The third kappa shape index (κ3) is 2.80. The summed E-state index contributed by atoms with van der Waals surface area (Å²) in [6, 6.07) is 5.38. The zero-order valence-electron chi connectivity index (χ0n) is 9.23. The lowest BCUT2D eigenvalue weighted by molar-refractivity contribution is 0.0693. The number of nitriles is 2. The van der Waals surface area contributed by atoms with Crippen molar-refractivity contribution in [2.75, 3.05) is 5.43 Å². The Labute approximate surface area is 102 Å². The first-order valence-electron chi connectivity index (χ1n) is 4.67. The molecular formula is C11H7FN4O2. The van der Waals surface area contributed by atoms with Crippen molar-refractivity contribution in [2.24, 2.45) is 5.10 Å². The number of carbonyl (C=O) groups is 1. The normalized spacial score (nSPS) is 8.89. The Morgan fingerprint density at radius 1 is 1.44 bits per heavy atom. The predicted molar refractivity (Wildman–Crippen MR) is 60.4 cm³/mol. The molecule has 18 heavy (non-hydrogen) atoms. The molecule has 7 heteroatoms. The van der Waals surface area contributed by atoms with Crippen LogP contribution in [0.1, 0.15) is 15.9 Å². The van der Waals surface area contributed by atoms with Gasteiger partial charge in [-0.05, 0) is 24.6 Å². The summed E-state index contributed by atoms with van der Waals surface area (Å²) in [5, 5.41) is 29.1. The average Bonchev–Trinajstić information content (AvgIpc) is 2.28. The SMILES string of the molecule is Cc1cc(F)c(C(=O)O)c(NN=C(C#N)C#N)c1. The van der Waals surface area contributed by atoms with Crippen LogP contribution in [-0.2, 0) is 0 Å². The Morgan fingerprint density at radius 2 is 2.06 bits per heavy atom. The van der Waals surface area contributed by atoms with E-state index in [1.165, 1.54) is 18.2 Å². The summed E-state index contributed by atoms with van der Waals surface area (Å²) in [5.74, 6) is -2.39. The maximum atomic E-state index is 13.5. The number of carboxylic acids is 1. The highest BCUT2D eigenvalue weighted by Gasteiger charge is 2.16. The fourth-order valence-corrected chi connectivity index (χ4v) is 1.24. The minimum atomic E-state index is -1.47. The van der Waals surface area contributed by atoms with Crippen molar-refractivity contribution in [3.05, 3.63) is 29.1 Å². The Morgan fingerprint density at radius 3 is 2.56 bits per heavy atom. The van der Waals surface area contributed by atoms with E-state index in [0.29, 0.717) is 5.56 Å². The van der Waals surface area contributed by atoms with Gasteiger partial charge in [0.1, 0.15) is 23.5 Å². The number of hydrogen-bond acceptors (Lipinski definition) is 5. The molecule has 0 spiro atoms. The van der Waals surface area contributed by atoms with Crippen molar-refractivity contribution >= 4 is 17.4 Å². The Bertz CT molecular complexity index is 595. The second-order valence-corrected chi connectivity index (χ2v) is 3.27. The Balaban J connectivity index is 3.25. The molecule has 0 amide bonds. The fraction of sp³-hybridized carbons (Fsp3) is 0.0909. The lowest BCUT2D eigenvalue weighted by atomic mass is 10.1. The van der Waals surface area contributed by atoms with Gasteiger partial charge in [-0.3, -0.25) is 5.43 Å². The molecule has 1 rings (SSSR count). The van der Waals surface area contributed by atoms with Crippen molar-refractivity contribution in [1.82, 2.24) is 0 Å². The molecule has 0 bridgehead atoms. The van der Waals surface area contributed by atoms with Crippen LogP contribution in [0.4, 0.5) is 10.1 Å². The summed E-state index contributed by atoms with van der Waals surface area (Å²) >= 11 is 0. The smallest absolute Gasteiger partial charge is 0.340 e. The molecule has 0 aliphatic rings. The van der Waals surface area contributed by atoms with E-state index in [9.17, 15) is 9.18 Å². The lowest BCUT2D eigenvalue weighted by Gasteiger charge is -2.07. The summed E-state index contributed by atoms with van der Waals surface area (Å²) in [6.45, 7) is 1.57. The van der Waals surface area contributed by atoms with Crippen LogP contribution in [0.15, 0.2) is 17.2 Å². The third-order valence-electron chi connectivity index (χ3n) is 1.95. The number of nitrogens with zero attached hydrogens (tertiary/aromatic N) is 3. The van der Waals surface area contributed by atoms with Crippen molar-refractivity contribution in [1.29, 1.82) is 10.5 Å². The van der Waals surface area contributed by atoms with Crippen LogP contribution in [0.5, 0.6) is 0 Å². The molecule has 0 aliphatic heterocycles. The summed E-state index contributed by atoms with van der Waals surface area (Å²) in [6.07, 6.45) is 0. The van der Waals surface area contributed by atoms with Gasteiger partial charge in [-0.25, -0.2) is 9.18 Å². The maximum Gasteiger partial charge on any atom is 0.340 e. The molecule has 1 aromatic carbocycles. The number of benzene rings is 1. The van der Waals surface area contributed by atoms with Gasteiger partial charge in [-0.2, -0.15) is 15.6 Å². The van der Waals surface area contributed by atoms with E-state index in [1.807, 2.05) is 0 Å². The summed E-state index contributed by atoms with van der Waals surface area (Å²) in [7, 11) is 0. The van der Waals surface area contributed by atoms with Gasteiger partial charge in [0.15, 0.2) is 0 Å². The molecule has 90 valence electrons. The first kappa shape index (κ1) is 13.1. The molecule has 0 heterocycles. The summed E-state index contributed by atoms with van der Waals surface area (Å²) in [5.41, 5.74) is 1.47. The number of halogens is 1. The number of rotatable bonds is 3. The van der Waals surface area contributed by atoms with E-state index >= 15 is 0 Å². The standard InChI is InChI=1S/C11H7FN4O2/c1-6-2-8(12)10(11(17)18)9(3-6)16-15-7(4-13)5-14/h2-3,16H,1H3,(H,17,18). The maximum absolute atomic E-state index is 13.5. The van der Waals surface area contributed by atoms with Gasteiger partial charge < -0.3 is 5.11 Å². The van der Waals surface area contributed by atoms with E-state index in [2.05, 4.69) is 10.5 Å². The number of hydrogen-bond donors (Lipinski definition) is 2. The molecule has 0 fully saturated rings. The highest BCUT2D eigenvalue weighted by Crippen LogP contribution is 2.21. The zero-order chi connectivity index (χ0) is 13.7. The molecule has 1 aromatic rings. The molecule has 0 aromatic heterocycles.